The molecule has 1 N–H and O–H groups in total. The lowest BCUT2D eigenvalue weighted by atomic mass is 9.75. The topological polar surface area (TPSA) is 37.3 Å². The van der Waals surface area contributed by atoms with Crippen molar-refractivity contribution in [3.63, 3.8) is 0 Å². The molecule has 2 nitrogen and oxygen atoms in total. The summed E-state index contributed by atoms with van der Waals surface area (Å²) in [5.41, 5.74) is -0.303. The van der Waals surface area contributed by atoms with Crippen molar-refractivity contribution in [2.24, 2.45) is 23.2 Å². The van der Waals surface area contributed by atoms with Crippen LogP contribution in [0.4, 0.5) is 0 Å². The van der Waals surface area contributed by atoms with Crippen molar-refractivity contribution >= 4 is 5.97 Å². The lowest BCUT2D eigenvalue weighted by molar-refractivity contribution is -0.150. The van der Waals surface area contributed by atoms with Crippen LogP contribution in [0, 0.1) is 23.2 Å². The van der Waals surface area contributed by atoms with Gasteiger partial charge in [0.05, 0.1) is 5.41 Å². The summed E-state index contributed by atoms with van der Waals surface area (Å²) in [6.07, 6.45) is 9.50. The lowest BCUT2D eigenvalue weighted by Gasteiger charge is -2.28. The van der Waals surface area contributed by atoms with Crippen LogP contribution in [0.15, 0.2) is 0 Å². The Kier molecular flexibility index (Phi) is 2.08. The monoisotopic (exact) mass is 208 g/mol. The first-order valence-electron chi connectivity index (χ1n) is 6.43. The zero-order valence-electron chi connectivity index (χ0n) is 9.24. The number of carbonyl (C=O) groups is 1. The molecule has 2 unspecified atom stereocenters. The van der Waals surface area contributed by atoms with E-state index in [2.05, 4.69) is 0 Å². The van der Waals surface area contributed by atoms with E-state index >= 15 is 0 Å². The molecular weight excluding hydrogens is 188 g/mol. The van der Waals surface area contributed by atoms with Crippen molar-refractivity contribution in [2.45, 2.75) is 51.4 Å². The Bertz CT molecular complexity index is 268. The van der Waals surface area contributed by atoms with Crippen LogP contribution in [0.3, 0.4) is 0 Å². The van der Waals surface area contributed by atoms with Crippen molar-refractivity contribution in [3.8, 4) is 0 Å². The Hall–Kier alpha value is -0.530. The molecule has 0 aliphatic heterocycles. The molecule has 0 aromatic carbocycles. The largest absolute Gasteiger partial charge is 0.481 e. The van der Waals surface area contributed by atoms with E-state index < -0.39 is 5.97 Å². The molecule has 0 aromatic rings. The Morgan fingerprint density at radius 2 is 1.80 bits per heavy atom. The third-order valence-corrected chi connectivity index (χ3v) is 4.98. The van der Waals surface area contributed by atoms with Gasteiger partial charge >= 0.3 is 5.97 Å². The van der Waals surface area contributed by atoms with Crippen molar-refractivity contribution in [1.29, 1.82) is 0 Å². The summed E-state index contributed by atoms with van der Waals surface area (Å²) in [6.45, 7) is 0. The van der Waals surface area contributed by atoms with Crippen LogP contribution in [0.5, 0.6) is 0 Å². The van der Waals surface area contributed by atoms with Gasteiger partial charge in [0.2, 0.25) is 0 Å². The van der Waals surface area contributed by atoms with E-state index in [4.69, 9.17) is 0 Å². The summed E-state index contributed by atoms with van der Waals surface area (Å²) in [5, 5.41) is 9.46. The standard InChI is InChI=1S/C13H20O2/c14-12(15)13(6-9-3-1-2-4-9)7-10-5-11(10)8-13/h9-11H,1-8H2,(H,14,15). The van der Waals surface area contributed by atoms with Gasteiger partial charge in [-0.05, 0) is 43.4 Å². The van der Waals surface area contributed by atoms with Crippen molar-refractivity contribution in [3.05, 3.63) is 0 Å². The van der Waals surface area contributed by atoms with Gasteiger partial charge in [0.25, 0.3) is 0 Å². The summed E-state index contributed by atoms with van der Waals surface area (Å²) in [4.78, 5) is 11.5. The molecule has 0 aromatic heterocycles. The number of fused-ring (bicyclic) bond motifs is 1. The number of hydrogen-bond acceptors (Lipinski definition) is 1. The van der Waals surface area contributed by atoms with Gasteiger partial charge in [0.1, 0.15) is 0 Å². The fourth-order valence-corrected chi connectivity index (χ4v) is 4.09. The summed E-state index contributed by atoms with van der Waals surface area (Å²) >= 11 is 0. The first-order valence-corrected chi connectivity index (χ1v) is 6.43. The van der Waals surface area contributed by atoms with E-state index in [1.54, 1.807) is 0 Å². The highest BCUT2D eigenvalue weighted by Gasteiger charge is 2.57. The van der Waals surface area contributed by atoms with Crippen molar-refractivity contribution < 1.29 is 9.90 Å². The molecule has 0 radical (unpaired) electrons. The Morgan fingerprint density at radius 1 is 1.20 bits per heavy atom. The van der Waals surface area contributed by atoms with Gasteiger partial charge in [-0.1, -0.05) is 25.7 Å². The molecular formula is C13H20O2. The van der Waals surface area contributed by atoms with Crippen LogP contribution in [0.2, 0.25) is 0 Å². The first kappa shape index (κ1) is 9.68. The molecule has 3 fully saturated rings. The molecule has 3 aliphatic carbocycles. The predicted molar refractivity (Wildman–Crippen MR) is 57.5 cm³/mol. The second kappa shape index (κ2) is 3.23. The quantitative estimate of drug-likeness (QED) is 0.774. The van der Waals surface area contributed by atoms with Gasteiger partial charge < -0.3 is 5.11 Å². The van der Waals surface area contributed by atoms with E-state index in [1.165, 1.54) is 32.1 Å². The normalized spacial score (nSPS) is 44.3. The molecule has 15 heavy (non-hydrogen) atoms. The smallest absolute Gasteiger partial charge is 0.309 e. The molecule has 3 rings (SSSR count). The minimum atomic E-state index is -0.499. The first-order chi connectivity index (χ1) is 7.20. The number of hydrogen-bond donors (Lipinski definition) is 1. The van der Waals surface area contributed by atoms with Crippen LogP contribution < -0.4 is 0 Å². The number of aliphatic carboxylic acids is 1. The number of carboxylic acid groups (broad SMARTS) is 1. The summed E-state index contributed by atoms with van der Waals surface area (Å²) in [7, 11) is 0. The molecule has 84 valence electrons. The van der Waals surface area contributed by atoms with E-state index in [0.717, 1.165) is 37.0 Å². The van der Waals surface area contributed by atoms with E-state index in [0.29, 0.717) is 0 Å². The zero-order valence-corrected chi connectivity index (χ0v) is 9.24. The minimum absolute atomic E-state index is 0.303. The molecule has 3 saturated carbocycles. The number of rotatable bonds is 3. The van der Waals surface area contributed by atoms with Crippen LogP contribution in [0.1, 0.15) is 51.4 Å². The molecule has 0 spiro atoms. The van der Waals surface area contributed by atoms with Crippen LogP contribution in [0.25, 0.3) is 0 Å². The third-order valence-electron chi connectivity index (χ3n) is 4.98. The van der Waals surface area contributed by atoms with Crippen molar-refractivity contribution in [1.82, 2.24) is 0 Å². The van der Waals surface area contributed by atoms with Gasteiger partial charge in [-0.2, -0.15) is 0 Å². The van der Waals surface area contributed by atoms with Gasteiger partial charge in [-0.3, -0.25) is 4.79 Å². The average Bonchev–Trinajstić information content (AvgIpc) is 2.68. The molecule has 0 heterocycles. The van der Waals surface area contributed by atoms with Crippen LogP contribution >= 0.6 is 0 Å². The summed E-state index contributed by atoms with van der Waals surface area (Å²) < 4.78 is 0. The Morgan fingerprint density at radius 3 is 2.33 bits per heavy atom. The van der Waals surface area contributed by atoms with Crippen LogP contribution in [-0.4, -0.2) is 11.1 Å². The van der Waals surface area contributed by atoms with Gasteiger partial charge in [0, 0.05) is 0 Å². The molecule has 2 atom stereocenters. The van der Waals surface area contributed by atoms with Gasteiger partial charge in [-0.15, -0.1) is 0 Å². The zero-order chi connectivity index (χ0) is 10.5. The minimum Gasteiger partial charge on any atom is -0.481 e. The molecule has 3 aliphatic rings. The Balaban J connectivity index is 1.70. The summed E-state index contributed by atoms with van der Waals surface area (Å²) in [6, 6.07) is 0. The highest BCUT2D eigenvalue weighted by Crippen LogP contribution is 2.62. The van der Waals surface area contributed by atoms with E-state index in [9.17, 15) is 9.90 Å². The molecule has 2 heteroatoms. The van der Waals surface area contributed by atoms with E-state index in [1.807, 2.05) is 0 Å². The maximum Gasteiger partial charge on any atom is 0.309 e. The second-order valence-electron chi connectivity index (χ2n) is 6.10. The molecule has 0 saturated heterocycles. The van der Waals surface area contributed by atoms with Crippen LogP contribution in [-0.2, 0) is 4.79 Å². The maximum atomic E-state index is 11.5. The lowest BCUT2D eigenvalue weighted by Crippen LogP contribution is -2.31. The SMILES string of the molecule is O=C(O)C1(CC2CCCC2)CC2CC2C1. The molecule has 0 bridgehead atoms. The predicted octanol–water partition coefficient (Wildman–Crippen LogP) is 3.07. The molecule has 0 amide bonds. The average molecular weight is 208 g/mol. The summed E-state index contributed by atoms with van der Waals surface area (Å²) in [5.74, 6) is 1.78. The number of carboxylic acids is 1. The van der Waals surface area contributed by atoms with Gasteiger partial charge in [-0.25, -0.2) is 0 Å². The highest BCUT2D eigenvalue weighted by atomic mass is 16.4. The van der Waals surface area contributed by atoms with Crippen molar-refractivity contribution in [2.75, 3.05) is 0 Å². The highest BCUT2D eigenvalue weighted by molar-refractivity contribution is 5.75. The fraction of sp³-hybridized carbons (Fsp3) is 0.923. The fourth-order valence-electron chi connectivity index (χ4n) is 4.09. The van der Waals surface area contributed by atoms with Gasteiger partial charge in [0.15, 0.2) is 0 Å². The third kappa shape index (κ3) is 1.58. The maximum absolute atomic E-state index is 11.5. The second-order valence-corrected chi connectivity index (χ2v) is 6.10. The Labute approximate surface area is 91.1 Å². The van der Waals surface area contributed by atoms with E-state index in [-0.39, 0.29) is 5.41 Å².